The molecule has 0 bridgehead atoms. The lowest BCUT2D eigenvalue weighted by Gasteiger charge is -1.92. The number of hydrogen-bond acceptors (Lipinski definition) is 2. The Labute approximate surface area is 102 Å². The highest BCUT2D eigenvalue weighted by Crippen LogP contribution is 2.38. The maximum Gasteiger partial charge on any atom is 0.0808 e. The van der Waals surface area contributed by atoms with E-state index in [0.29, 0.717) is 0 Å². The number of benzene rings is 1. The molecule has 0 saturated heterocycles. The lowest BCUT2D eigenvalue weighted by molar-refractivity contribution is 1.60. The lowest BCUT2D eigenvalue weighted by atomic mass is 10.3. The Kier molecular flexibility index (Phi) is 2.69. The zero-order valence-electron chi connectivity index (χ0n) is 5.84. The molecule has 0 atom stereocenters. The first-order valence-corrected chi connectivity index (χ1v) is 6.39. The van der Waals surface area contributed by atoms with Crippen LogP contribution in [0.15, 0.2) is 27.6 Å². The van der Waals surface area contributed by atoms with Crippen molar-refractivity contribution in [3.63, 3.8) is 0 Å². The van der Waals surface area contributed by atoms with E-state index in [9.17, 15) is 0 Å². The SMILES string of the molecule is Sc1cccc2c(Br)c(I)sc12. The standard InChI is InChI=1S/C8H4BrIS2/c9-6-4-2-1-3-5(11)7(4)12-8(6)10/h1-3,11H. The zero-order chi connectivity index (χ0) is 8.72. The summed E-state index contributed by atoms with van der Waals surface area (Å²) in [4.78, 5) is 1.06. The van der Waals surface area contributed by atoms with Gasteiger partial charge in [-0.2, -0.15) is 0 Å². The predicted octanol–water partition coefficient (Wildman–Crippen LogP) is 4.56. The molecule has 0 N–H and O–H groups in total. The maximum absolute atomic E-state index is 4.40. The van der Waals surface area contributed by atoms with Crippen LogP contribution in [-0.4, -0.2) is 0 Å². The molecule has 0 aliphatic heterocycles. The Hall–Kier alpha value is 0.740. The van der Waals surface area contributed by atoms with Gasteiger partial charge >= 0.3 is 0 Å². The van der Waals surface area contributed by atoms with Crippen molar-refractivity contribution in [1.82, 2.24) is 0 Å². The predicted molar refractivity (Wildman–Crippen MR) is 69.5 cm³/mol. The van der Waals surface area contributed by atoms with Crippen LogP contribution in [0.1, 0.15) is 0 Å². The molecule has 1 heterocycles. The zero-order valence-corrected chi connectivity index (χ0v) is 11.3. The third-order valence-corrected chi connectivity index (χ3v) is 6.17. The van der Waals surface area contributed by atoms with Crippen LogP contribution in [0.4, 0.5) is 0 Å². The molecule has 0 amide bonds. The Bertz CT molecular complexity index is 436. The third kappa shape index (κ3) is 1.42. The van der Waals surface area contributed by atoms with Gasteiger partial charge in [-0.05, 0) is 44.6 Å². The highest BCUT2D eigenvalue weighted by Gasteiger charge is 2.08. The summed E-state index contributed by atoms with van der Waals surface area (Å²) in [5.41, 5.74) is 0. The number of thiol groups is 1. The van der Waals surface area contributed by atoms with Crippen LogP contribution in [-0.2, 0) is 0 Å². The molecule has 0 aliphatic carbocycles. The van der Waals surface area contributed by atoms with Gasteiger partial charge in [0, 0.05) is 19.5 Å². The van der Waals surface area contributed by atoms with Crippen LogP contribution in [0.5, 0.6) is 0 Å². The molecule has 4 heteroatoms. The van der Waals surface area contributed by atoms with Gasteiger partial charge in [-0.25, -0.2) is 0 Å². The normalized spacial score (nSPS) is 10.9. The molecule has 0 spiro atoms. The number of thiophene rings is 1. The van der Waals surface area contributed by atoms with E-state index in [2.05, 4.69) is 57.2 Å². The molecule has 12 heavy (non-hydrogen) atoms. The summed E-state index contributed by atoms with van der Waals surface area (Å²) < 4.78 is 3.74. The monoisotopic (exact) mass is 370 g/mol. The van der Waals surface area contributed by atoms with Crippen LogP contribution in [0.3, 0.4) is 0 Å². The first-order valence-electron chi connectivity index (χ1n) is 3.25. The van der Waals surface area contributed by atoms with E-state index >= 15 is 0 Å². The second kappa shape index (κ2) is 3.48. The topological polar surface area (TPSA) is 0 Å². The molecular formula is C8H4BrIS2. The second-order valence-electron chi connectivity index (χ2n) is 2.34. The first kappa shape index (κ1) is 9.30. The van der Waals surface area contributed by atoms with Gasteiger partial charge in [-0.15, -0.1) is 24.0 Å². The van der Waals surface area contributed by atoms with Crippen molar-refractivity contribution in [3.05, 3.63) is 25.6 Å². The molecule has 0 nitrogen and oxygen atoms in total. The Morgan fingerprint density at radius 2 is 2.17 bits per heavy atom. The van der Waals surface area contributed by atoms with Crippen molar-refractivity contribution in [2.45, 2.75) is 4.90 Å². The molecule has 1 aromatic carbocycles. The van der Waals surface area contributed by atoms with E-state index in [0.717, 1.165) is 4.90 Å². The highest BCUT2D eigenvalue weighted by atomic mass is 127. The number of rotatable bonds is 0. The summed E-state index contributed by atoms with van der Waals surface area (Å²) in [7, 11) is 0. The molecule has 0 saturated carbocycles. The quantitative estimate of drug-likeness (QED) is 0.510. The van der Waals surface area contributed by atoms with E-state index in [1.807, 2.05) is 12.1 Å². The van der Waals surface area contributed by atoms with Gasteiger partial charge in [-0.1, -0.05) is 12.1 Å². The molecule has 62 valence electrons. The third-order valence-electron chi connectivity index (χ3n) is 1.59. The summed E-state index contributed by atoms with van der Waals surface area (Å²) >= 11 is 12.1. The molecule has 2 rings (SSSR count). The maximum atomic E-state index is 4.40. The molecule has 2 aromatic rings. The van der Waals surface area contributed by atoms with Crippen LogP contribution < -0.4 is 0 Å². The van der Waals surface area contributed by atoms with Gasteiger partial charge in [0.1, 0.15) is 0 Å². The molecule has 1 aromatic heterocycles. The summed E-state index contributed by atoms with van der Waals surface area (Å²) in [6.45, 7) is 0. The van der Waals surface area contributed by atoms with Crippen LogP contribution in [0.2, 0.25) is 0 Å². The molecule has 0 unspecified atom stereocenters. The van der Waals surface area contributed by atoms with E-state index < -0.39 is 0 Å². The van der Waals surface area contributed by atoms with Gasteiger partial charge in [0.05, 0.1) is 2.88 Å². The van der Waals surface area contributed by atoms with E-state index in [1.165, 1.54) is 17.4 Å². The van der Waals surface area contributed by atoms with Gasteiger partial charge < -0.3 is 0 Å². The van der Waals surface area contributed by atoms with Gasteiger partial charge in [0.25, 0.3) is 0 Å². The van der Waals surface area contributed by atoms with Crippen molar-refractivity contribution >= 4 is 72.6 Å². The summed E-state index contributed by atoms with van der Waals surface area (Å²) in [6, 6.07) is 6.15. The number of halogens is 2. The summed E-state index contributed by atoms with van der Waals surface area (Å²) in [5.74, 6) is 0. The first-order chi connectivity index (χ1) is 5.70. The van der Waals surface area contributed by atoms with Gasteiger partial charge in [-0.3, -0.25) is 0 Å². The highest BCUT2D eigenvalue weighted by molar-refractivity contribution is 14.1. The Morgan fingerprint density at radius 3 is 2.83 bits per heavy atom. The largest absolute Gasteiger partial charge is 0.142 e. The van der Waals surface area contributed by atoms with E-state index in [-0.39, 0.29) is 0 Å². The van der Waals surface area contributed by atoms with Gasteiger partial charge in [0.15, 0.2) is 0 Å². The fraction of sp³-hybridized carbons (Fsp3) is 0. The summed E-state index contributed by atoms with van der Waals surface area (Å²) in [5, 5.41) is 1.26. The second-order valence-corrected chi connectivity index (χ2v) is 6.45. The summed E-state index contributed by atoms with van der Waals surface area (Å²) in [6.07, 6.45) is 0. The molecular weight excluding hydrogens is 367 g/mol. The Balaban J connectivity index is 2.95. The Morgan fingerprint density at radius 1 is 1.42 bits per heavy atom. The van der Waals surface area contributed by atoms with Crippen LogP contribution >= 0.6 is 62.5 Å². The van der Waals surface area contributed by atoms with Crippen molar-refractivity contribution in [2.24, 2.45) is 0 Å². The van der Waals surface area contributed by atoms with Gasteiger partial charge in [0.2, 0.25) is 0 Å². The fourth-order valence-corrected chi connectivity index (χ4v) is 3.88. The molecule has 0 fully saturated rings. The van der Waals surface area contributed by atoms with Crippen molar-refractivity contribution < 1.29 is 0 Å². The number of fused-ring (bicyclic) bond motifs is 1. The van der Waals surface area contributed by atoms with Crippen molar-refractivity contribution in [3.8, 4) is 0 Å². The van der Waals surface area contributed by atoms with Crippen LogP contribution in [0.25, 0.3) is 10.1 Å². The minimum atomic E-state index is 1.06. The number of hydrogen-bond donors (Lipinski definition) is 1. The smallest absolute Gasteiger partial charge is 0.0808 e. The average Bonchev–Trinajstić information content (AvgIpc) is 2.32. The van der Waals surface area contributed by atoms with E-state index in [4.69, 9.17) is 0 Å². The molecule has 0 radical (unpaired) electrons. The van der Waals surface area contributed by atoms with Crippen molar-refractivity contribution in [2.75, 3.05) is 0 Å². The molecule has 0 aliphatic rings. The lowest BCUT2D eigenvalue weighted by Crippen LogP contribution is -1.66. The van der Waals surface area contributed by atoms with E-state index in [1.54, 1.807) is 11.3 Å². The average molecular weight is 371 g/mol. The van der Waals surface area contributed by atoms with Crippen molar-refractivity contribution in [1.29, 1.82) is 0 Å². The van der Waals surface area contributed by atoms with Crippen LogP contribution in [0, 0.1) is 2.88 Å². The fourth-order valence-electron chi connectivity index (χ4n) is 1.05. The minimum absolute atomic E-state index is 1.06. The minimum Gasteiger partial charge on any atom is -0.142 e.